The minimum Gasteiger partial charge on any atom is -0.467 e. The first-order valence-corrected chi connectivity index (χ1v) is 8.30. The number of amides is 1. The molecule has 1 atom stereocenters. The molecular weight excluding hydrogens is 330 g/mol. The van der Waals surface area contributed by atoms with Crippen LogP contribution >= 0.6 is 0 Å². The third-order valence-corrected chi connectivity index (χ3v) is 3.90. The molecule has 0 aliphatic rings. The Kier molecular flexibility index (Phi) is 5.49. The molecule has 26 heavy (non-hydrogen) atoms. The van der Waals surface area contributed by atoms with E-state index in [0.29, 0.717) is 11.3 Å². The number of hydrogen-bond acceptors (Lipinski definition) is 4. The highest BCUT2D eigenvalue weighted by Gasteiger charge is 2.19. The zero-order valence-electron chi connectivity index (χ0n) is 14.3. The number of furan rings is 1. The lowest BCUT2D eigenvalue weighted by molar-refractivity contribution is -0.129. The molecule has 5 nitrogen and oxygen atoms in total. The van der Waals surface area contributed by atoms with E-state index in [1.807, 2.05) is 42.5 Å². The van der Waals surface area contributed by atoms with Gasteiger partial charge in [0.25, 0.3) is 5.91 Å². The smallest absolute Gasteiger partial charge is 0.338 e. The molecule has 3 aromatic rings. The van der Waals surface area contributed by atoms with Gasteiger partial charge in [0, 0.05) is 0 Å². The average Bonchev–Trinajstić information content (AvgIpc) is 3.20. The summed E-state index contributed by atoms with van der Waals surface area (Å²) in [4.78, 5) is 24.2. The van der Waals surface area contributed by atoms with Crippen LogP contribution in [0.4, 0.5) is 0 Å². The zero-order valence-corrected chi connectivity index (χ0v) is 14.3. The molecule has 0 fully saturated rings. The quantitative estimate of drug-likeness (QED) is 0.687. The number of benzene rings is 2. The Balaban J connectivity index is 1.56. The van der Waals surface area contributed by atoms with Crippen LogP contribution in [0.2, 0.25) is 0 Å². The summed E-state index contributed by atoms with van der Waals surface area (Å²) < 4.78 is 10.4. The van der Waals surface area contributed by atoms with Gasteiger partial charge in [-0.3, -0.25) is 4.79 Å². The first-order valence-electron chi connectivity index (χ1n) is 8.30. The van der Waals surface area contributed by atoms with Crippen LogP contribution in [0, 0.1) is 0 Å². The van der Waals surface area contributed by atoms with Gasteiger partial charge in [-0.1, -0.05) is 42.5 Å². The van der Waals surface area contributed by atoms with Crippen molar-refractivity contribution >= 4 is 11.9 Å². The van der Waals surface area contributed by atoms with Gasteiger partial charge < -0.3 is 14.5 Å². The van der Waals surface area contributed by atoms with Crippen molar-refractivity contribution < 1.29 is 18.7 Å². The van der Waals surface area contributed by atoms with E-state index < -0.39 is 12.1 Å². The molecule has 0 saturated carbocycles. The van der Waals surface area contributed by atoms with Gasteiger partial charge in [0.15, 0.2) is 6.10 Å². The van der Waals surface area contributed by atoms with Crippen LogP contribution in [-0.2, 0) is 16.1 Å². The van der Waals surface area contributed by atoms with E-state index in [4.69, 9.17) is 9.15 Å². The molecule has 5 heteroatoms. The lowest BCUT2D eigenvalue weighted by Crippen LogP contribution is -2.35. The van der Waals surface area contributed by atoms with E-state index in [-0.39, 0.29) is 12.5 Å². The predicted octanol–water partition coefficient (Wildman–Crippen LogP) is 3.81. The summed E-state index contributed by atoms with van der Waals surface area (Å²) in [5.74, 6) is -0.283. The molecule has 1 heterocycles. The molecule has 2 aromatic carbocycles. The molecule has 0 aliphatic heterocycles. The number of carbonyl (C=O) groups excluding carboxylic acids is 2. The maximum atomic E-state index is 12.2. The van der Waals surface area contributed by atoms with Crippen LogP contribution in [0.25, 0.3) is 11.1 Å². The summed E-state index contributed by atoms with van der Waals surface area (Å²) in [6, 6.07) is 20.5. The number of carbonyl (C=O) groups is 2. The van der Waals surface area contributed by atoms with Crippen molar-refractivity contribution in [3.8, 4) is 11.1 Å². The third-order valence-electron chi connectivity index (χ3n) is 3.90. The van der Waals surface area contributed by atoms with Crippen LogP contribution < -0.4 is 5.32 Å². The van der Waals surface area contributed by atoms with Crippen molar-refractivity contribution in [2.24, 2.45) is 0 Å². The second-order valence-corrected chi connectivity index (χ2v) is 5.79. The molecule has 132 valence electrons. The fraction of sp³-hybridized carbons (Fsp3) is 0.143. The molecule has 0 spiro atoms. The number of esters is 1. The van der Waals surface area contributed by atoms with Gasteiger partial charge in [-0.2, -0.15) is 0 Å². The highest BCUT2D eigenvalue weighted by Crippen LogP contribution is 2.19. The van der Waals surface area contributed by atoms with Gasteiger partial charge in [0.05, 0.1) is 18.4 Å². The van der Waals surface area contributed by atoms with E-state index in [0.717, 1.165) is 11.1 Å². The fourth-order valence-corrected chi connectivity index (χ4v) is 2.44. The first-order chi connectivity index (χ1) is 12.6. The second-order valence-electron chi connectivity index (χ2n) is 5.79. The largest absolute Gasteiger partial charge is 0.467 e. The second kappa shape index (κ2) is 8.16. The molecule has 0 unspecified atom stereocenters. The Hall–Kier alpha value is -3.34. The van der Waals surface area contributed by atoms with E-state index in [9.17, 15) is 9.59 Å². The highest BCUT2D eigenvalue weighted by molar-refractivity contribution is 5.92. The van der Waals surface area contributed by atoms with Gasteiger partial charge in [0.1, 0.15) is 5.76 Å². The zero-order chi connectivity index (χ0) is 18.4. The van der Waals surface area contributed by atoms with Crippen LogP contribution in [-0.4, -0.2) is 18.0 Å². The highest BCUT2D eigenvalue weighted by atomic mass is 16.5. The molecule has 0 aliphatic carbocycles. The standard InChI is InChI=1S/C21H19NO4/c1-15(20(23)22-14-19-8-5-13-25-19)26-21(24)18-11-9-17(10-12-18)16-6-3-2-4-7-16/h2-13,15H,14H2,1H3,(H,22,23)/t15-/m0/s1. The molecular formula is C21H19NO4. The molecule has 0 bridgehead atoms. The molecule has 0 saturated heterocycles. The summed E-state index contributed by atoms with van der Waals surface area (Å²) >= 11 is 0. The average molecular weight is 349 g/mol. The Bertz CT molecular complexity index is 855. The normalized spacial score (nSPS) is 11.6. The van der Waals surface area contributed by atoms with Gasteiger partial charge in [0.2, 0.25) is 0 Å². The van der Waals surface area contributed by atoms with E-state index in [1.54, 1.807) is 24.3 Å². The molecule has 1 aromatic heterocycles. The topological polar surface area (TPSA) is 68.5 Å². The fourth-order valence-electron chi connectivity index (χ4n) is 2.44. The van der Waals surface area contributed by atoms with Crippen molar-refractivity contribution in [1.29, 1.82) is 0 Å². The van der Waals surface area contributed by atoms with Gasteiger partial charge in [-0.25, -0.2) is 4.79 Å². The minimum atomic E-state index is -0.897. The van der Waals surface area contributed by atoms with Crippen molar-refractivity contribution in [3.05, 3.63) is 84.3 Å². The van der Waals surface area contributed by atoms with E-state index in [2.05, 4.69) is 5.32 Å². The number of ether oxygens (including phenoxy) is 1. The Labute approximate surface area is 151 Å². The molecule has 0 radical (unpaired) electrons. The SMILES string of the molecule is C[C@H](OC(=O)c1ccc(-c2ccccc2)cc1)C(=O)NCc1ccco1. The van der Waals surface area contributed by atoms with Crippen molar-refractivity contribution in [3.63, 3.8) is 0 Å². The van der Waals surface area contributed by atoms with Crippen LogP contribution in [0.3, 0.4) is 0 Å². The lowest BCUT2D eigenvalue weighted by atomic mass is 10.0. The van der Waals surface area contributed by atoms with Crippen LogP contribution in [0.5, 0.6) is 0 Å². The Morgan fingerprint density at radius 1 is 0.962 bits per heavy atom. The lowest BCUT2D eigenvalue weighted by Gasteiger charge is -2.13. The number of hydrogen-bond donors (Lipinski definition) is 1. The summed E-state index contributed by atoms with van der Waals surface area (Å²) in [5, 5.41) is 2.66. The third kappa shape index (κ3) is 4.39. The number of rotatable bonds is 6. The van der Waals surface area contributed by atoms with Crippen LogP contribution in [0.1, 0.15) is 23.0 Å². The van der Waals surface area contributed by atoms with Crippen molar-refractivity contribution in [1.82, 2.24) is 5.32 Å². The monoisotopic (exact) mass is 349 g/mol. The van der Waals surface area contributed by atoms with Crippen LogP contribution in [0.15, 0.2) is 77.4 Å². The molecule has 3 rings (SSSR count). The van der Waals surface area contributed by atoms with Crippen molar-refractivity contribution in [2.45, 2.75) is 19.6 Å². The maximum Gasteiger partial charge on any atom is 0.338 e. The van der Waals surface area contributed by atoms with Gasteiger partial charge in [-0.05, 0) is 42.3 Å². The summed E-state index contributed by atoms with van der Waals surface area (Å²) in [5.41, 5.74) is 2.47. The van der Waals surface area contributed by atoms with E-state index in [1.165, 1.54) is 13.2 Å². The summed E-state index contributed by atoms with van der Waals surface area (Å²) in [7, 11) is 0. The summed E-state index contributed by atoms with van der Waals surface area (Å²) in [6.45, 7) is 1.78. The number of nitrogens with one attached hydrogen (secondary N) is 1. The molecule has 1 N–H and O–H groups in total. The van der Waals surface area contributed by atoms with Crippen molar-refractivity contribution in [2.75, 3.05) is 0 Å². The molecule has 1 amide bonds. The Morgan fingerprint density at radius 2 is 1.65 bits per heavy atom. The van der Waals surface area contributed by atoms with Gasteiger partial charge >= 0.3 is 5.97 Å². The maximum absolute atomic E-state index is 12.2. The van der Waals surface area contributed by atoms with E-state index >= 15 is 0 Å². The van der Waals surface area contributed by atoms with Gasteiger partial charge in [-0.15, -0.1) is 0 Å². The minimum absolute atomic E-state index is 0.250. The summed E-state index contributed by atoms with van der Waals surface area (Å²) in [6.07, 6.45) is 0.635. The predicted molar refractivity (Wildman–Crippen MR) is 97.3 cm³/mol. The Morgan fingerprint density at radius 3 is 2.31 bits per heavy atom. The first kappa shape index (κ1) is 17.5.